The summed E-state index contributed by atoms with van der Waals surface area (Å²) in [6.07, 6.45) is 0.000279. The van der Waals surface area contributed by atoms with Crippen LogP contribution < -0.4 is 10.6 Å². The standard InChI is InChI=1S/C11H20N2O4/c1-4-12-9(15)7-13-8(14)5-11(2,3)6-10(16)17/h4-7H2,1-3H3,(H,12,15)(H,13,14)(H,16,17). The highest BCUT2D eigenvalue weighted by atomic mass is 16.4. The number of hydrogen-bond acceptors (Lipinski definition) is 3. The molecule has 6 nitrogen and oxygen atoms in total. The van der Waals surface area contributed by atoms with Crippen LogP contribution in [0.2, 0.25) is 0 Å². The monoisotopic (exact) mass is 244 g/mol. The van der Waals surface area contributed by atoms with Crippen molar-refractivity contribution >= 4 is 17.8 Å². The van der Waals surface area contributed by atoms with Crippen molar-refractivity contribution in [3.8, 4) is 0 Å². The predicted octanol–water partition coefficient (Wildman–Crippen LogP) is 0.130. The molecule has 0 spiro atoms. The molecule has 0 aliphatic carbocycles. The Balaban J connectivity index is 4.01. The molecule has 98 valence electrons. The molecule has 0 aliphatic rings. The second-order valence-corrected chi connectivity index (χ2v) is 4.64. The molecule has 0 rings (SSSR count). The average Bonchev–Trinajstić information content (AvgIpc) is 2.12. The number of carboxylic acid groups (broad SMARTS) is 1. The zero-order valence-corrected chi connectivity index (χ0v) is 10.5. The third-order valence-electron chi connectivity index (χ3n) is 2.09. The van der Waals surface area contributed by atoms with Gasteiger partial charge in [0.25, 0.3) is 0 Å². The molecule has 0 aromatic carbocycles. The van der Waals surface area contributed by atoms with E-state index < -0.39 is 11.4 Å². The fraction of sp³-hybridized carbons (Fsp3) is 0.727. The topological polar surface area (TPSA) is 95.5 Å². The highest BCUT2D eigenvalue weighted by Crippen LogP contribution is 2.24. The third kappa shape index (κ3) is 8.24. The van der Waals surface area contributed by atoms with E-state index in [4.69, 9.17) is 5.11 Å². The van der Waals surface area contributed by atoms with Crippen molar-refractivity contribution in [2.75, 3.05) is 13.1 Å². The molecule has 0 heterocycles. The minimum atomic E-state index is -0.938. The van der Waals surface area contributed by atoms with E-state index >= 15 is 0 Å². The fourth-order valence-corrected chi connectivity index (χ4v) is 1.41. The SMILES string of the molecule is CCNC(=O)CNC(=O)CC(C)(C)CC(=O)O. The maximum atomic E-state index is 11.5. The molecular formula is C11H20N2O4. The zero-order valence-electron chi connectivity index (χ0n) is 10.5. The van der Waals surface area contributed by atoms with Crippen LogP contribution in [-0.2, 0) is 14.4 Å². The molecule has 0 saturated heterocycles. The van der Waals surface area contributed by atoms with Crippen LogP contribution in [0.15, 0.2) is 0 Å². The molecule has 0 atom stereocenters. The van der Waals surface area contributed by atoms with E-state index in [1.54, 1.807) is 20.8 Å². The highest BCUT2D eigenvalue weighted by Gasteiger charge is 2.25. The van der Waals surface area contributed by atoms with Gasteiger partial charge in [0.1, 0.15) is 0 Å². The molecule has 0 aromatic heterocycles. The molecule has 0 saturated carbocycles. The number of likely N-dealkylation sites (N-methyl/N-ethyl adjacent to an activating group) is 1. The molecule has 0 bridgehead atoms. The largest absolute Gasteiger partial charge is 0.481 e. The van der Waals surface area contributed by atoms with Gasteiger partial charge in [-0.1, -0.05) is 13.8 Å². The van der Waals surface area contributed by atoms with Crippen molar-refractivity contribution < 1.29 is 19.5 Å². The number of carbonyl (C=O) groups is 3. The molecule has 3 N–H and O–H groups in total. The average molecular weight is 244 g/mol. The van der Waals surface area contributed by atoms with Gasteiger partial charge in [0.05, 0.1) is 13.0 Å². The first-order valence-electron chi connectivity index (χ1n) is 5.52. The minimum absolute atomic E-state index is 0.0736. The first-order valence-corrected chi connectivity index (χ1v) is 5.52. The molecule has 6 heteroatoms. The molecule has 0 fully saturated rings. The van der Waals surface area contributed by atoms with Crippen LogP contribution in [0.5, 0.6) is 0 Å². The second kappa shape index (κ2) is 6.88. The van der Waals surface area contributed by atoms with Gasteiger partial charge >= 0.3 is 5.97 Å². The van der Waals surface area contributed by atoms with Crippen LogP contribution in [0.3, 0.4) is 0 Å². The first-order chi connectivity index (χ1) is 7.76. The Morgan fingerprint density at radius 1 is 1.06 bits per heavy atom. The number of rotatable bonds is 7. The van der Waals surface area contributed by atoms with Gasteiger partial charge in [-0.25, -0.2) is 0 Å². The van der Waals surface area contributed by atoms with E-state index in [1.165, 1.54) is 0 Å². The van der Waals surface area contributed by atoms with Crippen molar-refractivity contribution in [2.24, 2.45) is 5.41 Å². The Kier molecular flexibility index (Phi) is 6.23. The molecule has 0 aromatic rings. The molecule has 0 aliphatic heterocycles. The maximum Gasteiger partial charge on any atom is 0.303 e. The summed E-state index contributed by atoms with van der Waals surface area (Å²) in [6.45, 7) is 5.63. The normalized spacial score (nSPS) is 10.8. The van der Waals surface area contributed by atoms with Crippen molar-refractivity contribution in [2.45, 2.75) is 33.6 Å². The lowest BCUT2D eigenvalue weighted by Gasteiger charge is -2.21. The first kappa shape index (κ1) is 15.4. The van der Waals surface area contributed by atoms with Crippen LogP contribution >= 0.6 is 0 Å². The number of carboxylic acids is 1. The van der Waals surface area contributed by atoms with Crippen LogP contribution in [0.25, 0.3) is 0 Å². The fourth-order valence-electron chi connectivity index (χ4n) is 1.41. The predicted molar refractivity (Wildman–Crippen MR) is 62.3 cm³/mol. The van der Waals surface area contributed by atoms with E-state index in [0.29, 0.717) is 6.54 Å². The molecule has 2 amide bonds. The van der Waals surface area contributed by atoms with E-state index in [2.05, 4.69) is 10.6 Å². The lowest BCUT2D eigenvalue weighted by molar-refractivity contribution is -0.140. The minimum Gasteiger partial charge on any atom is -0.481 e. The Morgan fingerprint density at radius 2 is 1.65 bits per heavy atom. The summed E-state index contributed by atoms with van der Waals surface area (Å²) >= 11 is 0. The molecular weight excluding hydrogens is 224 g/mol. The number of carbonyl (C=O) groups excluding carboxylic acids is 2. The van der Waals surface area contributed by atoms with Crippen molar-refractivity contribution in [1.82, 2.24) is 10.6 Å². The molecule has 0 radical (unpaired) electrons. The Morgan fingerprint density at radius 3 is 2.12 bits per heavy atom. The summed E-state index contributed by atoms with van der Waals surface area (Å²) in [5.41, 5.74) is -0.614. The number of nitrogens with one attached hydrogen (secondary N) is 2. The Bertz CT molecular complexity index is 300. The van der Waals surface area contributed by atoms with Crippen LogP contribution in [0.4, 0.5) is 0 Å². The van der Waals surface area contributed by atoms with Crippen molar-refractivity contribution in [3.63, 3.8) is 0 Å². The van der Waals surface area contributed by atoms with Gasteiger partial charge in [-0.3, -0.25) is 14.4 Å². The summed E-state index contributed by atoms with van der Waals surface area (Å²) < 4.78 is 0. The summed E-state index contributed by atoms with van der Waals surface area (Å²) in [5, 5.41) is 13.7. The van der Waals surface area contributed by atoms with Gasteiger partial charge < -0.3 is 15.7 Å². The number of hydrogen-bond donors (Lipinski definition) is 3. The molecule has 0 unspecified atom stereocenters. The summed E-state index contributed by atoms with van der Waals surface area (Å²) in [4.78, 5) is 33.1. The van der Waals surface area contributed by atoms with Crippen LogP contribution in [0, 0.1) is 5.41 Å². The highest BCUT2D eigenvalue weighted by molar-refractivity contribution is 5.85. The Hall–Kier alpha value is -1.59. The van der Waals surface area contributed by atoms with Gasteiger partial charge in [0.15, 0.2) is 0 Å². The number of aliphatic carboxylic acids is 1. The quantitative estimate of drug-likeness (QED) is 0.593. The molecule has 17 heavy (non-hydrogen) atoms. The van der Waals surface area contributed by atoms with E-state index in [1.807, 2.05) is 0 Å². The van der Waals surface area contributed by atoms with Crippen molar-refractivity contribution in [1.29, 1.82) is 0 Å². The van der Waals surface area contributed by atoms with Gasteiger partial charge in [-0.15, -0.1) is 0 Å². The number of amides is 2. The zero-order chi connectivity index (χ0) is 13.5. The van der Waals surface area contributed by atoms with Gasteiger partial charge in [0.2, 0.25) is 11.8 Å². The van der Waals surface area contributed by atoms with Crippen molar-refractivity contribution in [3.05, 3.63) is 0 Å². The Labute approximate surface area is 101 Å². The van der Waals surface area contributed by atoms with E-state index in [9.17, 15) is 14.4 Å². The summed E-state index contributed by atoms with van der Waals surface area (Å²) in [5.74, 6) is -1.51. The van der Waals surface area contributed by atoms with Crippen LogP contribution in [0.1, 0.15) is 33.6 Å². The summed E-state index contributed by atoms with van der Waals surface area (Å²) in [6, 6.07) is 0. The lowest BCUT2D eigenvalue weighted by Crippen LogP contribution is -2.38. The van der Waals surface area contributed by atoms with Gasteiger partial charge in [0, 0.05) is 13.0 Å². The third-order valence-corrected chi connectivity index (χ3v) is 2.09. The van der Waals surface area contributed by atoms with Gasteiger partial charge in [-0.05, 0) is 12.3 Å². The lowest BCUT2D eigenvalue weighted by atomic mass is 9.85. The van der Waals surface area contributed by atoms with Gasteiger partial charge in [-0.2, -0.15) is 0 Å². The van der Waals surface area contributed by atoms with Crippen LogP contribution in [-0.4, -0.2) is 36.0 Å². The summed E-state index contributed by atoms with van der Waals surface area (Å²) in [7, 11) is 0. The smallest absolute Gasteiger partial charge is 0.303 e. The van der Waals surface area contributed by atoms with E-state index in [0.717, 1.165) is 0 Å². The second-order valence-electron chi connectivity index (χ2n) is 4.64. The maximum absolute atomic E-state index is 11.5. The van der Waals surface area contributed by atoms with E-state index in [-0.39, 0.29) is 31.2 Å².